The normalized spacial score (nSPS) is 10.8. The van der Waals surface area contributed by atoms with E-state index in [-0.39, 0.29) is 5.91 Å². The number of ether oxygens (including phenoxy) is 1. The van der Waals surface area contributed by atoms with Gasteiger partial charge in [-0.25, -0.2) is 4.98 Å². The predicted molar refractivity (Wildman–Crippen MR) is 98.9 cm³/mol. The van der Waals surface area contributed by atoms with Gasteiger partial charge < -0.3 is 10.1 Å². The van der Waals surface area contributed by atoms with Gasteiger partial charge in [-0.15, -0.1) is 0 Å². The van der Waals surface area contributed by atoms with E-state index < -0.39 is 0 Å². The summed E-state index contributed by atoms with van der Waals surface area (Å²) in [5.74, 6) is 0.517. The number of nitrogens with zero attached hydrogens (tertiary/aromatic N) is 2. The highest BCUT2D eigenvalue weighted by atomic mass is 35.5. The van der Waals surface area contributed by atoms with Gasteiger partial charge in [0.15, 0.2) is 0 Å². The van der Waals surface area contributed by atoms with Crippen LogP contribution in [0.5, 0.6) is 5.75 Å². The van der Waals surface area contributed by atoms with E-state index in [1.54, 1.807) is 47.0 Å². The number of hydrogen-bond donors (Lipinski definition) is 1. The average Bonchev–Trinajstić information content (AvgIpc) is 2.97. The Bertz CT molecular complexity index is 891. The average molecular weight is 378 g/mol. The van der Waals surface area contributed by atoms with E-state index in [4.69, 9.17) is 27.9 Å². The van der Waals surface area contributed by atoms with Crippen LogP contribution in [0.4, 0.5) is 0 Å². The third-order valence-electron chi connectivity index (χ3n) is 3.68. The lowest BCUT2D eigenvalue weighted by Crippen LogP contribution is -2.29. The molecule has 2 aromatic heterocycles. The van der Waals surface area contributed by atoms with Gasteiger partial charge in [-0.05, 0) is 36.8 Å². The first-order valence-electron chi connectivity index (χ1n) is 7.91. The highest BCUT2D eigenvalue weighted by molar-refractivity contribution is 6.31. The molecule has 5 nitrogen and oxygen atoms in total. The molecule has 0 radical (unpaired) electrons. The molecule has 3 aromatic rings. The molecule has 1 amide bonds. The number of aryl methyl sites for hydroxylation is 1. The lowest BCUT2D eigenvalue weighted by atomic mass is 10.2. The van der Waals surface area contributed by atoms with Gasteiger partial charge in [0.2, 0.25) is 0 Å². The Morgan fingerprint density at radius 1 is 1.20 bits per heavy atom. The Morgan fingerprint density at radius 2 is 1.96 bits per heavy atom. The Hall–Kier alpha value is -2.24. The molecular weight excluding hydrogens is 361 g/mol. The van der Waals surface area contributed by atoms with E-state index in [0.717, 1.165) is 5.69 Å². The number of fused-ring (bicyclic) bond motifs is 1. The number of pyridine rings is 1. The molecule has 0 unspecified atom stereocenters. The Kier molecular flexibility index (Phi) is 5.46. The number of hydrogen-bond acceptors (Lipinski definition) is 3. The van der Waals surface area contributed by atoms with Crippen molar-refractivity contribution in [1.29, 1.82) is 0 Å². The summed E-state index contributed by atoms with van der Waals surface area (Å²) in [5.41, 5.74) is 1.92. The highest BCUT2D eigenvalue weighted by Gasteiger charge is 2.18. The number of rotatable bonds is 6. The van der Waals surface area contributed by atoms with Crippen LogP contribution >= 0.6 is 23.2 Å². The standard InChI is InChI=1S/C18H17Cl2N3O2/c1-2-15-17(23-9-7-13(20)11-16(23)22-15)18(24)21-8-10-25-14-5-3-12(19)4-6-14/h3-7,9,11H,2,8,10H2,1H3,(H,21,24). The molecule has 1 N–H and O–H groups in total. The number of amides is 1. The maximum Gasteiger partial charge on any atom is 0.270 e. The van der Waals surface area contributed by atoms with Crippen LogP contribution < -0.4 is 10.1 Å². The molecule has 0 aliphatic heterocycles. The summed E-state index contributed by atoms with van der Waals surface area (Å²) in [6, 6.07) is 10.6. The molecule has 0 saturated heterocycles. The Labute approximate surface area is 155 Å². The Morgan fingerprint density at radius 3 is 2.68 bits per heavy atom. The van der Waals surface area contributed by atoms with Crippen molar-refractivity contribution in [3.63, 3.8) is 0 Å². The number of halogens is 2. The summed E-state index contributed by atoms with van der Waals surface area (Å²) >= 11 is 11.8. The van der Waals surface area contributed by atoms with Gasteiger partial charge >= 0.3 is 0 Å². The topological polar surface area (TPSA) is 55.6 Å². The zero-order chi connectivity index (χ0) is 17.8. The van der Waals surface area contributed by atoms with Crippen LogP contribution in [0.25, 0.3) is 5.65 Å². The van der Waals surface area contributed by atoms with Gasteiger partial charge in [0, 0.05) is 22.3 Å². The second-order valence-electron chi connectivity index (χ2n) is 5.39. The van der Waals surface area contributed by atoms with Gasteiger partial charge in [-0.2, -0.15) is 0 Å². The molecule has 2 heterocycles. The maximum atomic E-state index is 12.6. The molecule has 0 aliphatic carbocycles. The van der Waals surface area contributed by atoms with Crippen molar-refractivity contribution in [2.24, 2.45) is 0 Å². The smallest absolute Gasteiger partial charge is 0.270 e. The van der Waals surface area contributed by atoms with Crippen molar-refractivity contribution in [2.75, 3.05) is 13.2 Å². The summed E-state index contributed by atoms with van der Waals surface area (Å²) in [4.78, 5) is 17.0. The zero-order valence-electron chi connectivity index (χ0n) is 13.6. The van der Waals surface area contributed by atoms with Crippen LogP contribution in [0.3, 0.4) is 0 Å². The van der Waals surface area contributed by atoms with Gasteiger partial charge in [-0.1, -0.05) is 30.1 Å². The van der Waals surface area contributed by atoms with Crippen LogP contribution in [0.15, 0.2) is 42.6 Å². The quantitative estimate of drug-likeness (QED) is 0.660. The summed E-state index contributed by atoms with van der Waals surface area (Å²) < 4.78 is 7.33. The first-order valence-corrected chi connectivity index (χ1v) is 8.67. The number of aromatic nitrogens is 2. The second kappa shape index (κ2) is 7.76. The van der Waals surface area contributed by atoms with E-state index in [2.05, 4.69) is 10.3 Å². The predicted octanol–water partition coefficient (Wildman–Crippen LogP) is 4.01. The zero-order valence-corrected chi connectivity index (χ0v) is 15.1. The summed E-state index contributed by atoms with van der Waals surface area (Å²) in [7, 11) is 0. The molecule has 0 aliphatic rings. The largest absolute Gasteiger partial charge is 0.492 e. The first-order chi connectivity index (χ1) is 12.1. The number of carbonyl (C=O) groups is 1. The van der Waals surface area contributed by atoms with Crippen molar-refractivity contribution < 1.29 is 9.53 Å². The maximum absolute atomic E-state index is 12.6. The lowest BCUT2D eigenvalue weighted by Gasteiger charge is -2.08. The minimum atomic E-state index is -0.189. The third-order valence-corrected chi connectivity index (χ3v) is 4.17. The van der Waals surface area contributed by atoms with Gasteiger partial charge in [0.05, 0.1) is 12.2 Å². The van der Waals surface area contributed by atoms with E-state index in [0.29, 0.717) is 46.7 Å². The molecule has 0 spiro atoms. The van der Waals surface area contributed by atoms with Crippen molar-refractivity contribution >= 4 is 34.8 Å². The lowest BCUT2D eigenvalue weighted by molar-refractivity contribution is 0.0940. The monoisotopic (exact) mass is 377 g/mol. The third kappa shape index (κ3) is 4.06. The molecule has 0 saturated carbocycles. The van der Waals surface area contributed by atoms with Crippen LogP contribution in [-0.2, 0) is 6.42 Å². The van der Waals surface area contributed by atoms with E-state index >= 15 is 0 Å². The SMILES string of the molecule is CCc1nc2cc(Cl)ccn2c1C(=O)NCCOc1ccc(Cl)cc1. The molecule has 130 valence electrons. The Balaban J connectivity index is 1.65. The van der Waals surface area contributed by atoms with Crippen LogP contribution in [-0.4, -0.2) is 28.4 Å². The molecule has 0 bridgehead atoms. The van der Waals surface area contributed by atoms with E-state index in [1.807, 2.05) is 6.92 Å². The molecule has 3 rings (SSSR count). The fraction of sp³-hybridized carbons (Fsp3) is 0.222. The summed E-state index contributed by atoms with van der Waals surface area (Å²) in [6.45, 7) is 2.70. The molecule has 0 fully saturated rings. The van der Waals surface area contributed by atoms with Crippen molar-refractivity contribution in [2.45, 2.75) is 13.3 Å². The summed E-state index contributed by atoms with van der Waals surface area (Å²) in [6.07, 6.45) is 2.41. The fourth-order valence-corrected chi connectivity index (χ4v) is 2.78. The first kappa shape index (κ1) is 17.6. The van der Waals surface area contributed by atoms with Gasteiger partial charge in [0.25, 0.3) is 5.91 Å². The van der Waals surface area contributed by atoms with Crippen molar-refractivity contribution in [3.8, 4) is 5.75 Å². The van der Waals surface area contributed by atoms with E-state index in [9.17, 15) is 4.79 Å². The van der Waals surface area contributed by atoms with Crippen LogP contribution in [0.2, 0.25) is 10.0 Å². The minimum absolute atomic E-state index is 0.189. The molecule has 25 heavy (non-hydrogen) atoms. The number of carbonyl (C=O) groups excluding carboxylic acids is 1. The van der Waals surface area contributed by atoms with Gasteiger partial charge in [0.1, 0.15) is 23.7 Å². The minimum Gasteiger partial charge on any atom is -0.492 e. The van der Waals surface area contributed by atoms with Crippen molar-refractivity contribution in [1.82, 2.24) is 14.7 Å². The summed E-state index contributed by atoms with van der Waals surface area (Å²) in [5, 5.41) is 4.10. The number of benzene rings is 1. The molecule has 7 heteroatoms. The fourth-order valence-electron chi connectivity index (χ4n) is 2.50. The van der Waals surface area contributed by atoms with Gasteiger partial charge in [-0.3, -0.25) is 9.20 Å². The van der Waals surface area contributed by atoms with Crippen molar-refractivity contribution in [3.05, 3.63) is 64.0 Å². The van der Waals surface area contributed by atoms with Crippen LogP contribution in [0.1, 0.15) is 23.1 Å². The number of nitrogens with one attached hydrogen (secondary N) is 1. The number of imidazole rings is 1. The van der Waals surface area contributed by atoms with E-state index in [1.165, 1.54) is 0 Å². The molecule has 1 aromatic carbocycles. The molecule has 0 atom stereocenters. The van der Waals surface area contributed by atoms with Crippen LogP contribution in [0, 0.1) is 0 Å². The highest BCUT2D eigenvalue weighted by Crippen LogP contribution is 2.18. The second-order valence-corrected chi connectivity index (χ2v) is 6.26. The molecular formula is C18H17Cl2N3O2.